The van der Waals surface area contributed by atoms with E-state index < -0.39 is 0 Å². The monoisotopic (exact) mass is 255 g/mol. The van der Waals surface area contributed by atoms with Crippen LogP contribution in [0.25, 0.3) is 10.8 Å². The van der Waals surface area contributed by atoms with Crippen LogP contribution in [-0.4, -0.2) is 44.2 Å². The number of nitrogens with one attached hydrogen (secondary N) is 2. The van der Waals surface area contributed by atoms with E-state index in [1.807, 2.05) is 0 Å². The Morgan fingerprint density at radius 2 is 2.05 bits per heavy atom. The lowest BCUT2D eigenvalue weighted by Gasteiger charge is -2.33. The van der Waals surface area contributed by atoms with Gasteiger partial charge in [0.2, 0.25) is 0 Å². The molecule has 0 radical (unpaired) electrons. The number of piperazine rings is 1. The minimum Gasteiger partial charge on any atom is -0.383 e. The second kappa shape index (κ2) is 5.59. The highest BCUT2D eigenvalue weighted by Crippen LogP contribution is 2.22. The Morgan fingerprint density at radius 1 is 1.21 bits per heavy atom. The molecule has 3 nitrogen and oxygen atoms in total. The molecular weight excluding hydrogens is 234 g/mol. The summed E-state index contributed by atoms with van der Waals surface area (Å²) >= 11 is 0. The number of benzene rings is 2. The molecule has 3 heteroatoms. The van der Waals surface area contributed by atoms with E-state index in [9.17, 15) is 0 Å². The Balaban J connectivity index is 1.74. The average molecular weight is 255 g/mol. The molecule has 100 valence electrons. The Bertz CT molecular complexity index is 547. The van der Waals surface area contributed by atoms with Gasteiger partial charge in [-0.1, -0.05) is 36.4 Å². The fraction of sp³-hybridized carbons (Fsp3) is 0.375. The Morgan fingerprint density at radius 3 is 2.95 bits per heavy atom. The maximum absolute atomic E-state index is 3.61. The van der Waals surface area contributed by atoms with Gasteiger partial charge in [0.1, 0.15) is 0 Å². The molecule has 3 rings (SSSR count). The van der Waals surface area contributed by atoms with Gasteiger partial charge in [-0.15, -0.1) is 0 Å². The van der Waals surface area contributed by atoms with E-state index in [0.29, 0.717) is 6.04 Å². The van der Waals surface area contributed by atoms with Gasteiger partial charge < -0.3 is 10.6 Å². The molecule has 2 N–H and O–H groups in total. The molecule has 1 unspecified atom stereocenters. The molecule has 2 aromatic rings. The van der Waals surface area contributed by atoms with Crippen molar-refractivity contribution < 1.29 is 0 Å². The van der Waals surface area contributed by atoms with Gasteiger partial charge in [-0.05, 0) is 18.5 Å². The molecular formula is C16H21N3. The fourth-order valence-electron chi connectivity index (χ4n) is 2.70. The summed E-state index contributed by atoms with van der Waals surface area (Å²) < 4.78 is 0. The predicted octanol–water partition coefficient (Wildman–Crippen LogP) is 2.16. The molecule has 19 heavy (non-hydrogen) atoms. The Kier molecular flexibility index (Phi) is 3.67. The maximum atomic E-state index is 3.61. The Labute approximate surface area is 114 Å². The van der Waals surface area contributed by atoms with Crippen molar-refractivity contribution in [3.8, 4) is 0 Å². The molecule has 0 spiro atoms. The van der Waals surface area contributed by atoms with Crippen molar-refractivity contribution in [1.29, 1.82) is 0 Å². The summed E-state index contributed by atoms with van der Waals surface area (Å²) in [5, 5.41) is 9.66. The van der Waals surface area contributed by atoms with Crippen LogP contribution in [0.5, 0.6) is 0 Å². The summed E-state index contributed by atoms with van der Waals surface area (Å²) in [7, 11) is 2.20. The van der Waals surface area contributed by atoms with E-state index in [4.69, 9.17) is 0 Å². The average Bonchev–Trinajstić information content (AvgIpc) is 2.46. The molecule has 1 fully saturated rings. The molecule has 1 aliphatic rings. The van der Waals surface area contributed by atoms with E-state index in [2.05, 4.69) is 65.0 Å². The van der Waals surface area contributed by atoms with Crippen LogP contribution >= 0.6 is 0 Å². The molecule has 2 aromatic carbocycles. The molecule has 0 aliphatic carbocycles. The predicted molar refractivity (Wildman–Crippen MR) is 81.7 cm³/mol. The normalized spacial score (nSPS) is 20.6. The van der Waals surface area contributed by atoms with E-state index in [1.54, 1.807) is 0 Å². The van der Waals surface area contributed by atoms with Gasteiger partial charge >= 0.3 is 0 Å². The number of anilines is 1. The van der Waals surface area contributed by atoms with E-state index in [0.717, 1.165) is 26.2 Å². The summed E-state index contributed by atoms with van der Waals surface area (Å²) in [6, 6.07) is 15.5. The van der Waals surface area contributed by atoms with Crippen LogP contribution in [0.1, 0.15) is 0 Å². The molecule has 0 bridgehead atoms. The number of nitrogens with zero attached hydrogens (tertiary/aromatic N) is 1. The van der Waals surface area contributed by atoms with Crippen LogP contribution in [0.3, 0.4) is 0 Å². The first-order valence-electron chi connectivity index (χ1n) is 6.97. The molecule has 0 amide bonds. The maximum Gasteiger partial charge on any atom is 0.0420 e. The summed E-state index contributed by atoms with van der Waals surface area (Å²) in [4.78, 5) is 2.43. The molecule has 1 saturated heterocycles. The first-order chi connectivity index (χ1) is 9.34. The summed E-state index contributed by atoms with van der Waals surface area (Å²) in [5.74, 6) is 0. The minimum absolute atomic E-state index is 0.563. The fourth-order valence-corrected chi connectivity index (χ4v) is 2.70. The lowest BCUT2D eigenvalue weighted by Crippen LogP contribution is -2.52. The molecule has 1 aliphatic heterocycles. The van der Waals surface area contributed by atoms with Crippen LogP contribution in [0, 0.1) is 0 Å². The van der Waals surface area contributed by atoms with Crippen molar-refractivity contribution in [2.24, 2.45) is 0 Å². The van der Waals surface area contributed by atoms with Gasteiger partial charge in [-0.2, -0.15) is 0 Å². The van der Waals surface area contributed by atoms with Gasteiger partial charge in [0.25, 0.3) is 0 Å². The lowest BCUT2D eigenvalue weighted by molar-refractivity contribution is 0.209. The van der Waals surface area contributed by atoms with Gasteiger partial charge in [0.15, 0.2) is 0 Å². The van der Waals surface area contributed by atoms with Crippen LogP contribution in [0.4, 0.5) is 5.69 Å². The van der Waals surface area contributed by atoms with Gasteiger partial charge in [-0.3, -0.25) is 4.90 Å². The highest BCUT2D eigenvalue weighted by atomic mass is 15.2. The van der Waals surface area contributed by atoms with Crippen molar-refractivity contribution in [1.82, 2.24) is 10.2 Å². The van der Waals surface area contributed by atoms with E-state index in [1.165, 1.54) is 16.5 Å². The lowest BCUT2D eigenvalue weighted by atomic mass is 10.1. The van der Waals surface area contributed by atoms with Crippen molar-refractivity contribution >= 4 is 16.5 Å². The third kappa shape index (κ3) is 2.72. The van der Waals surface area contributed by atoms with Crippen molar-refractivity contribution in [2.75, 3.05) is 38.5 Å². The largest absolute Gasteiger partial charge is 0.383 e. The quantitative estimate of drug-likeness (QED) is 0.880. The summed E-state index contributed by atoms with van der Waals surface area (Å²) in [6.45, 7) is 4.27. The highest BCUT2D eigenvalue weighted by molar-refractivity contribution is 5.93. The first kappa shape index (κ1) is 12.5. The molecule has 1 atom stereocenters. The van der Waals surface area contributed by atoms with Crippen molar-refractivity contribution in [3.63, 3.8) is 0 Å². The zero-order valence-corrected chi connectivity index (χ0v) is 11.4. The van der Waals surface area contributed by atoms with Gasteiger partial charge in [-0.25, -0.2) is 0 Å². The zero-order valence-electron chi connectivity index (χ0n) is 11.4. The third-order valence-electron chi connectivity index (χ3n) is 3.96. The second-order valence-corrected chi connectivity index (χ2v) is 5.25. The Hall–Kier alpha value is -1.58. The van der Waals surface area contributed by atoms with Crippen LogP contribution in [0.15, 0.2) is 42.5 Å². The van der Waals surface area contributed by atoms with Crippen molar-refractivity contribution in [3.05, 3.63) is 42.5 Å². The number of rotatable bonds is 3. The van der Waals surface area contributed by atoms with E-state index >= 15 is 0 Å². The topological polar surface area (TPSA) is 27.3 Å². The summed E-state index contributed by atoms with van der Waals surface area (Å²) in [5.41, 5.74) is 1.23. The number of hydrogen-bond acceptors (Lipinski definition) is 3. The smallest absolute Gasteiger partial charge is 0.0420 e. The number of hydrogen-bond donors (Lipinski definition) is 2. The van der Waals surface area contributed by atoms with Crippen LogP contribution < -0.4 is 10.6 Å². The summed E-state index contributed by atoms with van der Waals surface area (Å²) in [6.07, 6.45) is 0. The van der Waals surface area contributed by atoms with E-state index in [-0.39, 0.29) is 0 Å². The SMILES string of the molecule is CN1CCNCC1CNc1cccc2ccccc12. The molecule has 1 heterocycles. The first-order valence-corrected chi connectivity index (χ1v) is 6.97. The van der Waals surface area contributed by atoms with Crippen LogP contribution in [0.2, 0.25) is 0 Å². The number of likely N-dealkylation sites (N-methyl/N-ethyl adjacent to an activating group) is 1. The second-order valence-electron chi connectivity index (χ2n) is 5.25. The zero-order chi connectivity index (χ0) is 13.1. The van der Waals surface area contributed by atoms with Gasteiger partial charge in [0.05, 0.1) is 0 Å². The third-order valence-corrected chi connectivity index (χ3v) is 3.96. The molecule has 0 saturated carbocycles. The van der Waals surface area contributed by atoms with Gasteiger partial charge in [0, 0.05) is 43.3 Å². The van der Waals surface area contributed by atoms with Crippen LogP contribution in [-0.2, 0) is 0 Å². The highest BCUT2D eigenvalue weighted by Gasteiger charge is 2.17. The van der Waals surface area contributed by atoms with Crippen molar-refractivity contribution in [2.45, 2.75) is 6.04 Å². The standard InChI is InChI=1S/C16H21N3/c1-19-10-9-17-11-14(19)12-18-16-8-4-6-13-5-2-3-7-15(13)16/h2-8,14,17-18H,9-12H2,1H3. The minimum atomic E-state index is 0.563. The number of fused-ring (bicyclic) bond motifs is 1. The molecule has 0 aromatic heterocycles.